The molecule has 1 saturated carbocycles. The first-order chi connectivity index (χ1) is 8.25. The Morgan fingerprint density at radius 1 is 1.29 bits per heavy atom. The van der Waals surface area contributed by atoms with Crippen LogP contribution in [0.4, 0.5) is 0 Å². The van der Waals surface area contributed by atoms with Gasteiger partial charge in [-0.25, -0.2) is 5.43 Å². The third-order valence-electron chi connectivity index (χ3n) is 3.91. The van der Waals surface area contributed by atoms with Crippen LogP contribution >= 0.6 is 15.9 Å². The van der Waals surface area contributed by atoms with E-state index in [1.165, 1.54) is 18.4 Å². The predicted molar refractivity (Wildman–Crippen MR) is 70.1 cm³/mol. The van der Waals surface area contributed by atoms with Gasteiger partial charge in [0.25, 0.3) is 0 Å². The van der Waals surface area contributed by atoms with Crippen LogP contribution in [0.1, 0.15) is 30.9 Å². The Labute approximate surface area is 109 Å². The second-order valence-corrected chi connectivity index (χ2v) is 5.90. The average molecular weight is 297 g/mol. The van der Waals surface area contributed by atoms with Gasteiger partial charge in [0.15, 0.2) is 0 Å². The van der Waals surface area contributed by atoms with Gasteiger partial charge in [-0.2, -0.15) is 0 Å². The van der Waals surface area contributed by atoms with E-state index in [-0.39, 0.29) is 12.1 Å². The number of rotatable bonds is 1. The molecule has 0 aromatic carbocycles. The molecule has 0 bridgehead atoms. The lowest BCUT2D eigenvalue weighted by molar-refractivity contribution is 0.265. The number of nitrogens with two attached hydrogens (primary N) is 1. The van der Waals surface area contributed by atoms with Gasteiger partial charge >= 0.3 is 0 Å². The van der Waals surface area contributed by atoms with Gasteiger partial charge in [0.05, 0.1) is 6.04 Å². The molecule has 1 aromatic heterocycles. The van der Waals surface area contributed by atoms with Crippen LogP contribution in [-0.4, -0.2) is 17.1 Å². The molecule has 4 unspecified atom stereocenters. The highest BCUT2D eigenvalue weighted by atomic mass is 79.9. The molecule has 2 fully saturated rings. The molecule has 17 heavy (non-hydrogen) atoms. The first-order valence-electron chi connectivity index (χ1n) is 6.13. The topological polar surface area (TPSA) is 63.0 Å². The van der Waals surface area contributed by atoms with Gasteiger partial charge in [-0.3, -0.25) is 10.4 Å². The number of nitrogens with one attached hydrogen (secondary N) is 2. The van der Waals surface area contributed by atoms with Gasteiger partial charge in [-0.1, -0.05) is 6.42 Å². The highest BCUT2D eigenvalue weighted by molar-refractivity contribution is 9.10. The summed E-state index contributed by atoms with van der Waals surface area (Å²) in [4.78, 5) is 4.24. The molecule has 2 heterocycles. The highest BCUT2D eigenvalue weighted by Gasteiger charge is 2.42. The Morgan fingerprint density at radius 2 is 2.18 bits per heavy atom. The molecule has 4 N–H and O–H groups in total. The maximum absolute atomic E-state index is 6.27. The molecule has 1 aliphatic heterocycles. The summed E-state index contributed by atoms with van der Waals surface area (Å²) in [5.41, 5.74) is 14.2. The third-order valence-corrected chi connectivity index (χ3v) is 4.34. The number of pyridine rings is 1. The molecule has 5 heteroatoms. The van der Waals surface area contributed by atoms with Crippen molar-refractivity contribution in [3.8, 4) is 0 Å². The fraction of sp³-hybridized carbons (Fsp3) is 0.583. The van der Waals surface area contributed by atoms with E-state index < -0.39 is 0 Å². The Kier molecular flexibility index (Phi) is 3.17. The van der Waals surface area contributed by atoms with E-state index in [9.17, 15) is 0 Å². The summed E-state index contributed by atoms with van der Waals surface area (Å²) in [6, 6.07) is 3.18. The number of fused-ring (bicyclic) bond motifs is 1. The lowest BCUT2D eigenvalue weighted by Gasteiger charge is -2.33. The molecule has 3 rings (SSSR count). The van der Waals surface area contributed by atoms with E-state index in [0.717, 1.165) is 10.9 Å². The maximum atomic E-state index is 6.27. The van der Waals surface area contributed by atoms with Crippen molar-refractivity contribution in [1.82, 2.24) is 15.8 Å². The number of hydrogen-bond acceptors (Lipinski definition) is 4. The van der Waals surface area contributed by atoms with Crippen molar-refractivity contribution in [2.45, 2.75) is 37.4 Å². The van der Waals surface area contributed by atoms with Gasteiger partial charge in [0.2, 0.25) is 0 Å². The molecule has 4 atom stereocenters. The van der Waals surface area contributed by atoms with Crippen LogP contribution in [0.5, 0.6) is 0 Å². The zero-order valence-electron chi connectivity index (χ0n) is 9.57. The summed E-state index contributed by atoms with van der Waals surface area (Å²) >= 11 is 3.47. The third kappa shape index (κ3) is 2.12. The van der Waals surface area contributed by atoms with E-state index in [0.29, 0.717) is 12.0 Å². The molecule has 4 nitrogen and oxygen atoms in total. The maximum Gasteiger partial charge on any atom is 0.0536 e. The normalized spacial score (nSPS) is 36.8. The molecule has 92 valence electrons. The standard InChI is InChI=1S/C12H17BrN4/c13-8-4-7(5-15-6-8)12-11-9(14)2-1-3-10(11)16-17-12/h4-6,9-12,16-17H,1-3,14H2. The first kappa shape index (κ1) is 11.6. The summed E-state index contributed by atoms with van der Waals surface area (Å²) in [5.74, 6) is 0.472. The van der Waals surface area contributed by atoms with Crippen LogP contribution in [0, 0.1) is 5.92 Å². The van der Waals surface area contributed by atoms with E-state index >= 15 is 0 Å². The highest BCUT2D eigenvalue weighted by Crippen LogP contribution is 2.37. The molecule has 0 spiro atoms. The number of halogens is 1. The molecular weight excluding hydrogens is 280 g/mol. The summed E-state index contributed by atoms with van der Waals surface area (Å²) in [6.45, 7) is 0. The van der Waals surface area contributed by atoms with Crippen LogP contribution in [0.25, 0.3) is 0 Å². The van der Waals surface area contributed by atoms with Gasteiger partial charge in [0.1, 0.15) is 0 Å². The number of hydrogen-bond donors (Lipinski definition) is 3. The number of hydrazine groups is 1. The van der Waals surface area contributed by atoms with Gasteiger partial charge in [-0.05, 0) is 40.4 Å². The van der Waals surface area contributed by atoms with Crippen LogP contribution < -0.4 is 16.6 Å². The van der Waals surface area contributed by atoms with Crippen LogP contribution in [0.3, 0.4) is 0 Å². The Hall–Kier alpha value is -0.490. The van der Waals surface area contributed by atoms with Crippen LogP contribution in [0.15, 0.2) is 22.9 Å². The molecule has 1 saturated heterocycles. The summed E-state index contributed by atoms with van der Waals surface area (Å²) in [5, 5.41) is 0. The molecule has 0 amide bonds. The van der Waals surface area contributed by atoms with E-state index in [2.05, 4.69) is 37.8 Å². The second kappa shape index (κ2) is 4.65. The van der Waals surface area contributed by atoms with Crippen LogP contribution in [0.2, 0.25) is 0 Å². The molecule has 1 aromatic rings. The Bertz CT molecular complexity index is 411. The van der Waals surface area contributed by atoms with Crippen molar-refractivity contribution >= 4 is 15.9 Å². The van der Waals surface area contributed by atoms with Crippen molar-refractivity contribution in [3.05, 3.63) is 28.5 Å². The minimum atomic E-state index is 0.278. The fourth-order valence-electron chi connectivity index (χ4n) is 3.10. The van der Waals surface area contributed by atoms with Crippen molar-refractivity contribution in [3.63, 3.8) is 0 Å². The predicted octanol–water partition coefficient (Wildman–Crippen LogP) is 1.49. The van der Waals surface area contributed by atoms with Crippen molar-refractivity contribution < 1.29 is 0 Å². The van der Waals surface area contributed by atoms with E-state index in [1.54, 1.807) is 0 Å². The van der Waals surface area contributed by atoms with Gasteiger partial charge in [-0.15, -0.1) is 0 Å². The minimum Gasteiger partial charge on any atom is -0.327 e. The zero-order valence-corrected chi connectivity index (χ0v) is 11.2. The molecule has 0 radical (unpaired) electrons. The average Bonchev–Trinajstić information content (AvgIpc) is 2.74. The Morgan fingerprint density at radius 3 is 3.00 bits per heavy atom. The van der Waals surface area contributed by atoms with Crippen molar-refractivity contribution in [2.75, 3.05) is 0 Å². The Balaban J connectivity index is 1.88. The monoisotopic (exact) mass is 296 g/mol. The summed E-state index contributed by atoms with van der Waals surface area (Å²) in [7, 11) is 0. The number of aromatic nitrogens is 1. The quantitative estimate of drug-likeness (QED) is 0.735. The minimum absolute atomic E-state index is 0.278. The molecular formula is C12H17BrN4. The SMILES string of the molecule is NC1CCCC2NNC(c3cncc(Br)c3)C12. The second-order valence-electron chi connectivity index (χ2n) is 4.98. The largest absolute Gasteiger partial charge is 0.327 e. The van der Waals surface area contributed by atoms with Crippen LogP contribution in [-0.2, 0) is 0 Å². The van der Waals surface area contributed by atoms with Gasteiger partial charge in [0, 0.05) is 34.9 Å². The van der Waals surface area contributed by atoms with Crippen molar-refractivity contribution in [1.29, 1.82) is 0 Å². The lowest BCUT2D eigenvalue weighted by atomic mass is 9.76. The summed E-state index contributed by atoms with van der Waals surface area (Å²) in [6.07, 6.45) is 7.30. The molecule has 1 aliphatic carbocycles. The summed E-state index contributed by atoms with van der Waals surface area (Å²) < 4.78 is 1.02. The zero-order chi connectivity index (χ0) is 11.8. The fourth-order valence-corrected chi connectivity index (χ4v) is 3.48. The smallest absolute Gasteiger partial charge is 0.0536 e. The van der Waals surface area contributed by atoms with E-state index in [1.807, 2.05) is 12.4 Å². The molecule has 2 aliphatic rings. The lowest BCUT2D eigenvalue weighted by Crippen LogP contribution is -2.43. The van der Waals surface area contributed by atoms with E-state index in [4.69, 9.17) is 5.73 Å². The van der Waals surface area contributed by atoms with Gasteiger partial charge < -0.3 is 5.73 Å². The number of nitrogens with zero attached hydrogens (tertiary/aromatic N) is 1. The first-order valence-corrected chi connectivity index (χ1v) is 6.92. The van der Waals surface area contributed by atoms with Crippen molar-refractivity contribution in [2.24, 2.45) is 11.7 Å².